The topological polar surface area (TPSA) is 76.8 Å². The van der Waals surface area contributed by atoms with Crippen LogP contribution in [0.15, 0.2) is 43.0 Å². The van der Waals surface area contributed by atoms with Crippen LogP contribution in [-0.2, 0) is 12.6 Å². The fourth-order valence-corrected chi connectivity index (χ4v) is 4.29. The van der Waals surface area contributed by atoms with Crippen molar-refractivity contribution in [2.75, 3.05) is 6.54 Å². The summed E-state index contributed by atoms with van der Waals surface area (Å²) in [6.45, 7) is 4.52. The van der Waals surface area contributed by atoms with E-state index in [1.807, 2.05) is 24.0 Å². The van der Waals surface area contributed by atoms with Gasteiger partial charge in [0.15, 0.2) is 5.69 Å². The van der Waals surface area contributed by atoms with Crippen LogP contribution in [0.25, 0.3) is 5.69 Å². The van der Waals surface area contributed by atoms with Crippen LogP contribution in [0, 0.1) is 12.8 Å². The molecule has 10 heteroatoms. The Hall–Kier alpha value is -3.30. The molecule has 174 valence electrons. The molecule has 1 fully saturated rings. The van der Waals surface area contributed by atoms with Gasteiger partial charge in [-0.3, -0.25) is 4.79 Å². The largest absolute Gasteiger partial charge is 0.419 e. The van der Waals surface area contributed by atoms with Crippen molar-refractivity contribution in [1.29, 1.82) is 0 Å². The smallest absolute Gasteiger partial charge is 0.334 e. The number of pyridine rings is 1. The molecule has 0 bridgehead atoms. The van der Waals surface area contributed by atoms with E-state index in [1.165, 1.54) is 0 Å². The van der Waals surface area contributed by atoms with Crippen LogP contribution in [0.3, 0.4) is 0 Å². The number of aromatic nitrogens is 5. The molecule has 4 rings (SSSR count). The first-order valence-corrected chi connectivity index (χ1v) is 10.9. The molecule has 1 amide bonds. The normalized spacial score (nSPS) is 19.0. The fourth-order valence-electron chi connectivity index (χ4n) is 4.29. The van der Waals surface area contributed by atoms with Gasteiger partial charge in [-0.1, -0.05) is 6.92 Å². The third-order valence-electron chi connectivity index (χ3n) is 6.04. The summed E-state index contributed by atoms with van der Waals surface area (Å²) in [6, 6.07) is 5.36. The van der Waals surface area contributed by atoms with Crippen molar-refractivity contribution in [3.05, 3.63) is 65.8 Å². The summed E-state index contributed by atoms with van der Waals surface area (Å²) < 4.78 is 39.9. The third-order valence-corrected chi connectivity index (χ3v) is 6.04. The first-order chi connectivity index (χ1) is 15.7. The molecule has 7 nitrogen and oxygen atoms in total. The lowest BCUT2D eigenvalue weighted by atomic mass is 9.87. The highest BCUT2D eigenvalue weighted by Gasteiger charge is 2.34. The molecule has 0 saturated carbocycles. The van der Waals surface area contributed by atoms with Gasteiger partial charge in [-0.05, 0) is 50.3 Å². The Morgan fingerprint density at radius 1 is 1.21 bits per heavy atom. The van der Waals surface area contributed by atoms with E-state index in [2.05, 4.69) is 27.0 Å². The van der Waals surface area contributed by atoms with Gasteiger partial charge in [0.1, 0.15) is 5.82 Å². The molecular weight excluding hydrogens is 433 g/mol. The Bertz CT molecular complexity index is 1100. The van der Waals surface area contributed by atoms with Crippen molar-refractivity contribution in [3.63, 3.8) is 0 Å². The quantitative estimate of drug-likeness (QED) is 0.571. The number of aryl methyl sites for hydroxylation is 2. The number of likely N-dealkylation sites (tertiary alicyclic amines) is 1. The predicted molar refractivity (Wildman–Crippen MR) is 115 cm³/mol. The number of piperidine rings is 1. The molecule has 3 aromatic heterocycles. The second kappa shape index (κ2) is 9.29. The van der Waals surface area contributed by atoms with Crippen LogP contribution in [0.5, 0.6) is 0 Å². The Labute approximate surface area is 189 Å². The number of hydrogen-bond donors (Lipinski definition) is 0. The first-order valence-electron chi connectivity index (χ1n) is 10.9. The zero-order valence-corrected chi connectivity index (χ0v) is 18.5. The van der Waals surface area contributed by atoms with E-state index < -0.39 is 11.7 Å². The summed E-state index contributed by atoms with van der Waals surface area (Å²) in [4.78, 5) is 27.8. The lowest BCUT2D eigenvalue weighted by Crippen LogP contribution is -2.48. The van der Waals surface area contributed by atoms with Gasteiger partial charge in [-0.25, -0.2) is 19.6 Å². The number of hydrogen-bond acceptors (Lipinski definition) is 5. The lowest BCUT2D eigenvalue weighted by Gasteiger charge is -2.40. The molecule has 0 N–H and O–H groups in total. The second-order valence-electron chi connectivity index (χ2n) is 8.38. The number of carbonyl (C=O) groups is 1. The summed E-state index contributed by atoms with van der Waals surface area (Å²) >= 11 is 0. The van der Waals surface area contributed by atoms with E-state index in [-0.39, 0.29) is 17.9 Å². The molecule has 33 heavy (non-hydrogen) atoms. The number of rotatable bonds is 5. The number of alkyl halides is 3. The Balaban J connectivity index is 1.55. The fraction of sp³-hybridized carbons (Fsp3) is 0.435. The molecule has 1 saturated heterocycles. The molecular formula is C23H25F3N6O. The Kier molecular flexibility index (Phi) is 6.44. The molecule has 1 aliphatic rings. The molecule has 0 unspecified atom stereocenters. The monoisotopic (exact) mass is 458 g/mol. The molecule has 0 radical (unpaired) electrons. The van der Waals surface area contributed by atoms with Crippen LogP contribution in [-0.4, -0.2) is 48.1 Å². The molecule has 1 aliphatic heterocycles. The second-order valence-corrected chi connectivity index (χ2v) is 8.38. The number of halogens is 3. The molecule has 0 aliphatic carbocycles. The first kappa shape index (κ1) is 22.9. The van der Waals surface area contributed by atoms with Crippen molar-refractivity contribution in [2.45, 2.75) is 51.7 Å². The van der Waals surface area contributed by atoms with Crippen molar-refractivity contribution in [2.24, 2.45) is 5.92 Å². The number of amides is 1. The maximum absolute atomic E-state index is 13.7. The van der Waals surface area contributed by atoms with Crippen molar-refractivity contribution >= 4 is 5.91 Å². The summed E-state index contributed by atoms with van der Waals surface area (Å²) in [7, 11) is 0. The van der Waals surface area contributed by atoms with Gasteiger partial charge in [-0.15, -0.1) is 0 Å². The van der Waals surface area contributed by atoms with Gasteiger partial charge < -0.3 is 4.90 Å². The van der Waals surface area contributed by atoms with Gasteiger partial charge >= 0.3 is 6.18 Å². The predicted octanol–water partition coefficient (Wildman–Crippen LogP) is 4.26. The van der Waals surface area contributed by atoms with E-state index in [4.69, 9.17) is 0 Å². The molecule has 3 aromatic rings. The maximum Gasteiger partial charge on any atom is 0.419 e. The van der Waals surface area contributed by atoms with Crippen LogP contribution in [0.4, 0.5) is 13.2 Å². The van der Waals surface area contributed by atoms with Crippen LogP contribution in [0.1, 0.15) is 53.8 Å². The average Bonchev–Trinajstić information content (AvgIpc) is 3.32. The van der Waals surface area contributed by atoms with E-state index >= 15 is 0 Å². The zero-order chi connectivity index (χ0) is 23.6. The van der Waals surface area contributed by atoms with E-state index in [9.17, 15) is 18.0 Å². The summed E-state index contributed by atoms with van der Waals surface area (Å²) in [5.41, 5.74) is 0.807. The standard InChI is InChI=1S/C23H25F3N6O/c1-15-5-3-11-31(18(15)8-9-20-27-13-17(14-28-20)23(24,25)26)22(33)21-19(7-6-16(2)30-21)32-12-4-10-29-32/h4,6-7,10,12-15,18H,3,5,8-9,11H2,1-2H3/t15-,18-/m1/s1. The molecule has 0 spiro atoms. The summed E-state index contributed by atoms with van der Waals surface area (Å²) in [6.07, 6.45) is 3.34. The summed E-state index contributed by atoms with van der Waals surface area (Å²) in [5, 5.41) is 4.25. The van der Waals surface area contributed by atoms with E-state index in [0.717, 1.165) is 30.9 Å². The van der Waals surface area contributed by atoms with Gasteiger partial charge in [0.2, 0.25) is 0 Å². The highest BCUT2D eigenvalue weighted by Crippen LogP contribution is 2.30. The lowest BCUT2D eigenvalue weighted by molar-refractivity contribution is -0.138. The average molecular weight is 458 g/mol. The highest BCUT2D eigenvalue weighted by molar-refractivity contribution is 5.96. The zero-order valence-electron chi connectivity index (χ0n) is 18.5. The van der Waals surface area contributed by atoms with Gasteiger partial charge in [0.05, 0.1) is 11.3 Å². The minimum atomic E-state index is -4.47. The SMILES string of the molecule is Cc1ccc(-n2cccn2)c(C(=O)N2CCC[C@@H](C)[C@H]2CCc2ncc(C(F)(F)F)cn2)n1. The molecule has 4 heterocycles. The molecule has 2 atom stereocenters. The third kappa shape index (κ3) is 5.04. The van der Waals surface area contributed by atoms with Crippen LogP contribution >= 0.6 is 0 Å². The van der Waals surface area contributed by atoms with E-state index in [1.54, 1.807) is 23.1 Å². The van der Waals surface area contributed by atoms with Crippen LogP contribution < -0.4 is 0 Å². The van der Waals surface area contributed by atoms with Gasteiger partial charge in [0.25, 0.3) is 5.91 Å². The van der Waals surface area contributed by atoms with Crippen molar-refractivity contribution in [1.82, 2.24) is 29.6 Å². The van der Waals surface area contributed by atoms with Crippen LogP contribution in [0.2, 0.25) is 0 Å². The minimum Gasteiger partial charge on any atom is -0.334 e. The Morgan fingerprint density at radius 2 is 1.97 bits per heavy atom. The van der Waals surface area contributed by atoms with Crippen molar-refractivity contribution in [3.8, 4) is 5.69 Å². The van der Waals surface area contributed by atoms with E-state index in [0.29, 0.717) is 36.6 Å². The highest BCUT2D eigenvalue weighted by atomic mass is 19.4. The maximum atomic E-state index is 13.7. The van der Waals surface area contributed by atoms with Gasteiger partial charge in [0, 0.05) is 49.5 Å². The van der Waals surface area contributed by atoms with Gasteiger partial charge in [-0.2, -0.15) is 18.3 Å². The minimum absolute atomic E-state index is 0.0927. The number of carbonyl (C=O) groups excluding carboxylic acids is 1. The molecule has 0 aromatic carbocycles. The summed E-state index contributed by atoms with van der Waals surface area (Å²) in [5.74, 6) is 0.392. The number of nitrogens with zero attached hydrogens (tertiary/aromatic N) is 6. The Morgan fingerprint density at radius 3 is 2.64 bits per heavy atom. The van der Waals surface area contributed by atoms with Crippen molar-refractivity contribution < 1.29 is 18.0 Å².